The average molecular weight is 309 g/mol. The van der Waals surface area contributed by atoms with E-state index in [0.717, 1.165) is 4.47 Å². The zero-order valence-corrected chi connectivity index (χ0v) is 10.8. The zero-order valence-electron chi connectivity index (χ0n) is 9.24. The standard InChI is InChI=1S/C12H9BrN2O3/c13-8-1-2-9(7(5-8)6-14)15-10(16)12(3-4-12)11(17)18/h1-2,5H,3-4H2,(H,15,16)(H,17,18). The largest absolute Gasteiger partial charge is 0.480 e. The van der Waals surface area contributed by atoms with Crippen LogP contribution in [0.1, 0.15) is 18.4 Å². The van der Waals surface area contributed by atoms with Gasteiger partial charge in [0.1, 0.15) is 11.5 Å². The number of hydrogen-bond donors (Lipinski definition) is 2. The Hall–Kier alpha value is -1.87. The number of hydrogen-bond acceptors (Lipinski definition) is 3. The van der Waals surface area contributed by atoms with Crippen LogP contribution in [-0.2, 0) is 9.59 Å². The first-order chi connectivity index (χ1) is 8.49. The van der Waals surface area contributed by atoms with E-state index in [4.69, 9.17) is 10.4 Å². The zero-order chi connectivity index (χ0) is 13.3. The Bertz CT molecular complexity index is 573. The topological polar surface area (TPSA) is 90.2 Å². The van der Waals surface area contributed by atoms with Crippen molar-refractivity contribution in [3.63, 3.8) is 0 Å². The van der Waals surface area contributed by atoms with Crippen LogP contribution in [0.25, 0.3) is 0 Å². The van der Waals surface area contributed by atoms with Crippen molar-refractivity contribution in [2.45, 2.75) is 12.8 Å². The number of carboxylic acid groups (broad SMARTS) is 1. The Balaban J connectivity index is 2.23. The summed E-state index contributed by atoms with van der Waals surface area (Å²) in [5.74, 6) is -1.68. The molecule has 0 heterocycles. The highest BCUT2D eigenvalue weighted by atomic mass is 79.9. The van der Waals surface area contributed by atoms with Gasteiger partial charge in [0.2, 0.25) is 5.91 Å². The molecule has 92 valence electrons. The monoisotopic (exact) mass is 308 g/mol. The summed E-state index contributed by atoms with van der Waals surface area (Å²) in [6.07, 6.45) is 0.680. The molecule has 0 saturated heterocycles. The predicted octanol–water partition coefficient (Wildman–Crippen LogP) is 2.12. The number of rotatable bonds is 3. The Morgan fingerprint density at radius 1 is 1.44 bits per heavy atom. The summed E-state index contributed by atoms with van der Waals surface area (Å²) in [5.41, 5.74) is -0.683. The Morgan fingerprint density at radius 3 is 2.61 bits per heavy atom. The minimum absolute atomic E-state index is 0.291. The van der Waals surface area contributed by atoms with Gasteiger partial charge in [-0.15, -0.1) is 0 Å². The number of nitrogens with one attached hydrogen (secondary N) is 1. The number of halogens is 1. The number of anilines is 1. The highest BCUT2D eigenvalue weighted by Crippen LogP contribution is 2.46. The van der Waals surface area contributed by atoms with E-state index in [0.29, 0.717) is 24.1 Å². The lowest BCUT2D eigenvalue weighted by molar-refractivity contribution is -0.147. The van der Waals surface area contributed by atoms with Gasteiger partial charge in [-0.05, 0) is 31.0 Å². The molecular weight excluding hydrogens is 300 g/mol. The maximum atomic E-state index is 11.9. The van der Waals surface area contributed by atoms with Crippen molar-refractivity contribution in [3.05, 3.63) is 28.2 Å². The van der Waals surface area contributed by atoms with Crippen molar-refractivity contribution in [2.75, 3.05) is 5.32 Å². The normalized spacial score (nSPS) is 15.6. The Morgan fingerprint density at radius 2 is 2.11 bits per heavy atom. The summed E-state index contributed by atoms with van der Waals surface area (Å²) in [5, 5.41) is 20.4. The van der Waals surface area contributed by atoms with E-state index in [9.17, 15) is 9.59 Å². The quantitative estimate of drug-likeness (QED) is 0.837. The van der Waals surface area contributed by atoms with E-state index in [2.05, 4.69) is 21.2 Å². The Labute approximate surface area is 112 Å². The molecule has 6 heteroatoms. The van der Waals surface area contributed by atoms with Gasteiger partial charge in [-0.1, -0.05) is 15.9 Å². The molecule has 0 unspecified atom stereocenters. The van der Waals surface area contributed by atoms with Crippen LogP contribution in [0.5, 0.6) is 0 Å². The number of carbonyl (C=O) groups is 2. The van der Waals surface area contributed by atoms with E-state index in [1.165, 1.54) is 0 Å². The number of aliphatic carboxylic acids is 1. The first kappa shape index (κ1) is 12.6. The van der Waals surface area contributed by atoms with Crippen molar-refractivity contribution in [3.8, 4) is 6.07 Å². The van der Waals surface area contributed by atoms with E-state index >= 15 is 0 Å². The highest BCUT2D eigenvalue weighted by molar-refractivity contribution is 9.10. The maximum absolute atomic E-state index is 11.9. The van der Waals surface area contributed by atoms with Crippen LogP contribution in [0.15, 0.2) is 22.7 Å². The molecule has 0 aliphatic heterocycles. The van der Waals surface area contributed by atoms with Gasteiger partial charge in [0.05, 0.1) is 11.3 Å². The van der Waals surface area contributed by atoms with Crippen LogP contribution in [0.3, 0.4) is 0 Å². The minimum atomic E-state index is -1.31. The summed E-state index contributed by atoms with van der Waals surface area (Å²) < 4.78 is 0.719. The van der Waals surface area contributed by atoms with Gasteiger partial charge in [-0.2, -0.15) is 5.26 Å². The van der Waals surface area contributed by atoms with E-state index in [1.54, 1.807) is 18.2 Å². The number of carboxylic acids is 1. The van der Waals surface area contributed by atoms with Gasteiger partial charge >= 0.3 is 5.97 Å². The molecule has 0 bridgehead atoms. The molecule has 1 aliphatic rings. The third-order valence-corrected chi connectivity index (χ3v) is 3.44. The molecule has 1 aliphatic carbocycles. The third-order valence-electron chi connectivity index (χ3n) is 2.94. The molecule has 1 aromatic rings. The van der Waals surface area contributed by atoms with Crippen molar-refractivity contribution in [2.24, 2.45) is 5.41 Å². The number of nitriles is 1. The third kappa shape index (κ3) is 2.09. The second-order valence-electron chi connectivity index (χ2n) is 4.14. The van der Waals surface area contributed by atoms with E-state index in [1.807, 2.05) is 6.07 Å². The van der Waals surface area contributed by atoms with Gasteiger partial charge in [-0.3, -0.25) is 9.59 Å². The lowest BCUT2D eigenvalue weighted by Gasteiger charge is -2.11. The lowest BCUT2D eigenvalue weighted by atomic mass is 10.1. The number of nitrogens with zero attached hydrogens (tertiary/aromatic N) is 1. The van der Waals surface area contributed by atoms with Crippen molar-refractivity contribution in [1.29, 1.82) is 5.26 Å². The molecule has 2 rings (SSSR count). The second kappa shape index (κ2) is 4.42. The lowest BCUT2D eigenvalue weighted by Crippen LogP contribution is -2.31. The molecular formula is C12H9BrN2O3. The van der Waals surface area contributed by atoms with Crippen LogP contribution in [0.2, 0.25) is 0 Å². The molecule has 1 amide bonds. The summed E-state index contributed by atoms with van der Waals surface area (Å²) in [6.45, 7) is 0. The van der Waals surface area contributed by atoms with Gasteiger partial charge in [0, 0.05) is 4.47 Å². The van der Waals surface area contributed by atoms with Gasteiger partial charge in [0.25, 0.3) is 0 Å². The van der Waals surface area contributed by atoms with Crippen LogP contribution in [-0.4, -0.2) is 17.0 Å². The van der Waals surface area contributed by atoms with Gasteiger partial charge in [-0.25, -0.2) is 0 Å². The fraction of sp³-hybridized carbons (Fsp3) is 0.250. The van der Waals surface area contributed by atoms with E-state index < -0.39 is 17.3 Å². The predicted molar refractivity (Wildman–Crippen MR) is 66.8 cm³/mol. The summed E-state index contributed by atoms with van der Waals surface area (Å²) in [6, 6.07) is 6.76. The molecule has 0 atom stereocenters. The number of benzene rings is 1. The maximum Gasteiger partial charge on any atom is 0.319 e. The fourth-order valence-electron chi connectivity index (χ4n) is 1.62. The average Bonchev–Trinajstić information content (AvgIpc) is 3.12. The molecule has 18 heavy (non-hydrogen) atoms. The van der Waals surface area contributed by atoms with Gasteiger partial charge in [0.15, 0.2) is 0 Å². The van der Waals surface area contributed by atoms with Crippen molar-refractivity contribution < 1.29 is 14.7 Å². The Kier molecular flexibility index (Phi) is 3.09. The summed E-state index contributed by atoms with van der Waals surface area (Å²) >= 11 is 3.22. The number of amides is 1. The molecule has 1 aromatic carbocycles. The van der Waals surface area contributed by atoms with Crippen LogP contribution < -0.4 is 5.32 Å². The van der Waals surface area contributed by atoms with Crippen molar-refractivity contribution in [1.82, 2.24) is 0 Å². The van der Waals surface area contributed by atoms with Gasteiger partial charge < -0.3 is 10.4 Å². The molecule has 0 spiro atoms. The van der Waals surface area contributed by atoms with Crippen LogP contribution in [0, 0.1) is 16.7 Å². The molecule has 5 nitrogen and oxygen atoms in total. The molecule has 1 saturated carbocycles. The first-order valence-corrected chi connectivity index (χ1v) is 6.03. The number of carbonyl (C=O) groups excluding carboxylic acids is 1. The molecule has 0 aromatic heterocycles. The van der Waals surface area contributed by atoms with Crippen LogP contribution in [0.4, 0.5) is 5.69 Å². The molecule has 0 radical (unpaired) electrons. The fourth-order valence-corrected chi connectivity index (χ4v) is 1.98. The summed E-state index contributed by atoms with van der Waals surface area (Å²) in [4.78, 5) is 22.9. The second-order valence-corrected chi connectivity index (χ2v) is 5.06. The van der Waals surface area contributed by atoms with Crippen LogP contribution >= 0.6 is 15.9 Å². The summed E-state index contributed by atoms with van der Waals surface area (Å²) in [7, 11) is 0. The molecule has 2 N–H and O–H groups in total. The van der Waals surface area contributed by atoms with E-state index in [-0.39, 0.29) is 0 Å². The van der Waals surface area contributed by atoms with Crippen molar-refractivity contribution >= 4 is 33.5 Å². The smallest absolute Gasteiger partial charge is 0.319 e. The molecule has 1 fully saturated rings. The first-order valence-electron chi connectivity index (χ1n) is 5.24. The highest BCUT2D eigenvalue weighted by Gasteiger charge is 2.57. The SMILES string of the molecule is N#Cc1cc(Br)ccc1NC(=O)C1(C(=O)O)CC1. The minimum Gasteiger partial charge on any atom is -0.480 e.